The number of carbonyl (C=O) groups is 1. The van der Waals surface area contributed by atoms with Crippen LogP contribution in [0.1, 0.15) is 22.4 Å². The minimum atomic E-state index is 0.0230. The summed E-state index contributed by atoms with van der Waals surface area (Å²) in [4.78, 5) is 22.7. The van der Waals surface area contributed by atoms with Gasteiger partial charge in [0.2, 0.25) is 5.91 Å². The molecule has 0 radical (unpaired) electrons. The molecule has 0 unspecified atom stereocenters. The van der Waals surface area contributed by atoms with Crippen LogP contribution in [-0.4, -0.2) is 22.4 Å². The fourth-order valence-electron chi connectivity index (χ4n) is 2.41. The molecule has 1 aromatic carbocycles. The van der Waals surface area contributed by atoms with Gasteiger partial charge >= 0.3 is 0 Å². The van der Waals surface area contributed by atoms with Crippen LogP contribution < -0.4 is 10.6 Å². The van der Waals surface area contributed by atoms with Gasteiger partial charge in [-0.15, -0.1) is 11.3 Å². The largest absolute Gasteiger partial charge is 0.369 e. The molecule has 3 aromatic rings. The van der Waals surface area contributed by atoms with E-state index in [0.29, 0.717) is 19.5 Å². The summed E-state index contributed by atoms with van der Waals surface area (Å²) < 4.78 is 0. The highest BCUT2D eigenvalue weighted by molar-refractivity contribution is 7.18. The van der Waals surface area contributed by atoms with E-state index >= 15 is 0 Å². The van der Waals surface area contributed by atoms with Crippen molar-refractivity contribution in [2.24, 2.45) is 0 Å². The normalized spacial score (nSPS) is 10.8. The number of aryl methyl sites for hydroxylation is 2. The van der Waals surface area contributed by atoms with Crippen LogP contribution in [0.5, 0.6) is 0 Å². The fourth-order valence-corrected chi connectivity index (χ4v) is 3.25. The van der Waals surface area contributed by atoms with Crippen LogP contribution in [0.3, 0.4) is 0 Å². The minimum Gasteiger partial charge on any atom is -0.369 e. The molecular weight excluding hydrogens is 320 g/mol. The van der Waals surface area contributed by atoms with E-state index in [1.54, 1.807) is 17.7 Å². The van der Waals surface area contributed by atoms with E-state index in [1.807, 2.05) is 31.2 Å². The maximum atomic E-state index is 12.0. The molecule has 0 spiro atoms. The van der Waals surface area contributed by atoms with Gasteiger partial charge in [0.1, 0.15) is 17.0 Å². The van der Waals surface area contributed by atoms with Gasteiger partial charge in [0.25, 0.3) is 0 Å². The summed E-state index contributed by atoms with van der Waals surface area (Å²) in [6.45, 7) is 5.20. The van der Waals surface area contributed by atoms with Crippen LogP contribution in [-0.2, 0) is 11.3 Å². The molecule has 2 heterocycles. The summed E-state index contributed by atoms with van der Waals surface area (Å²) in [5.74, 6) is 0.811. The van der Waals surface area contributed by atoms with Gasteiger partial charge in [-0.2, -0.15) is 0 Å². The van der Waals surface area contributed by atoms with E-state index < -0.39 is 0 Å². The third kappa shape index (κ3) is 4.08. The summed E-state index contributed by atoms with van der Waals surface area (Å²) in [6, 6.07) is 10.2. The number of nitrogens with zero attached hydrogens (tertiary/aromatic N) is 2. The maximum Gasteiger partial charge on any atom is 0.222 e. The minimum absolute atomic E-state index is 0.0230. The van der Waals surface area contributed by atoms with Crippen molar-refractivity contribution in [2.45, 2.75) is 26.8 Å². The van der Waals surface area contributed by atoms with Gasteiger partial charge in [-0.05, 0) is 25.5 Å². The number of carbonyl (C=O) groups excluding carboxylic acids is 1. The zero-order valence-electron chi connectivity index (χ0n) is 13.8. The fraction of sp³-hybridized carbons (Fsp3) is 0.278. The predicted molar refractivity (Wildman–Crippen MR) is 98.3 cm³/mol. The number of benzene rings is 1. The molecule has 0 saturated carbocycles. The van der Waals surface area contributed by atoms with Gasteiger partial charge in [0, 0.05) is 24.4 Å². The number of anilines is 1. The Balaban J connectivity index is 1.48. The highest BCUT2D eigenvalue weighted by Crippen LogP contribution is 2.27. The summed E-state index contributed by atoms with van der Waals surface area (Å²) in [6.07, 6.45) is 1.96. The molecule has 0 aliphatic carbocycles. The number of thiophene rings is 1. The van der Waals surface area contributed by atoms with E-state index in [1.165, 1.54) is 10.4 Å². The Hall–Kier alpha value is -2.47. The molecule has 0 aliphatic rings. The van der Waals surface area contributed by atoms with E-state index in [4.69, 9.17) is 0 Å². The Kier molecular flexibility index (Phi) is 5.05. The highest BCUT2D eigenvalue weighted by Gasteiger charge is 2.07. The molecule has 0 aliphatic heterocycles. The number of hydrogen-bond acceptors (Lipinski definition) is 5. The number of fused-ring (bicyclic) bond motifs is 1. The quantitative estimate of drug-likeness (QED) is 0.721. The van der Waals surface area contributed by atoms with Crippen molar-refractivity contribution < 1.29 is 4.79 Å². The van der Waals surface area contributed by atoms with Crippen LogP contribution >= 0.6 is 11.3 Å². The summed E-state index contributed by atoms with van der Waals surface area (Å²) in [5.41, 5.74) is 2.32. The van der Waals surface area contributed by atoms with E-state index in [2.05, 4.69) is 33.6 Å². The van der Waals surface area contributed by atoms with Crippen molar-refractivity contribution in [3.8, 4) is 0 Å². The van der Waals surface area contributed by atoms with Crippen molar-refractivity contribution in [1.82, 2.24) is 15.3 Å². The van der Waals surface area contributed by atoms with Gasteiger partial charge in [0.05, 0.1) is 5.39 Å². The highest BCUT2D eigenvalue weighted by atomic mass is 32.1. The van der Waals surface area contributed by atoms with Crippen LogP contribution in [0.25, 0.3) is 10.2 Å². The number of rotatable bonds is 6. The van der Waals surface area contributed by atoms with Gasteiger partial charge in [-0.1, -0.05) is 29.8 Å². The summed E-state index contributed by atoms with van der Waals surface area (Å²) in [7, 11) is 0. The first kappa shape index (κ1) is 16.4. The van der Waals surface area contributed by atoms with Gasteiger partial charge in [-0.3, -0.25) is 4.79 Å². The Morgan fingerprint density at radius 2 is 1.96 bits per heavy atom. The lowest BCUT2D eigenvalue weighted by atomic mass is 10.1. The van der Waals surface area contributed by atoms with Crippen molar-refractivity contribution >= 4 is 33.3 Å². The third-order valence-corrected chi connectivity index (χ3v) is 4.67. The van der Waals surface area contributed by atoms with Crippen LogP contribution in [0.4, 0.5) is 5.82 Å². The summed E-state index contributed by atoms with van der Waals surface area (Å²) in [5, 5.41) is 7.18. The molecule has 1 amide bonds. The molecule has 24 heavy (non-hydrogen) atoms. The Morgan fingerprint density at radius 1 is 1.17 bits per heavy atom. The average Bonchev–Trinajstić information content (AvgIpc) is 2.95. The average molecular weight is 340 g/mol. The number of hydrogen-bond donors (Lipinski definition) is 2. The van der Waals surface area contributed by atoms with Crippen LogP contribution in [0, 0.1) is 13.8 Å². The summed E-state index contributed by atoms with van der Waals surface area (Å²) >= 11 is 1.64. The monoisotopic (exact) mass is 340 g/mol. The second kappa shape index (κ2) is 7.40. The second-order valence-electron chi connectivity index (χ2n) is 5.74. The second-order valence-corrected chi connectivity index (χ2v) is 6.97. The van der Waals surface area contributed by atoms with E-state index in [-0.39, 0.29) is 5.91 Å². The molecule has 2 aromatic heterocycles. The molecule has 0 atom stereocenters. The predicted octanol–water partition coefficient (Wildman–Crippen LogP) is 3.43. The number of nitrogens with one attached hydrogen (secondary N) is 2. The first-order chi connectivity index (χ1) is 11.6. The molecule has 0 fully saturated rings. The lowest BCUT2D eigenvalue weighted by Gasteiger charge is -2.08. The third-order valence-electron chi connectivity index (χ3n) is 3.71. The van der Waals surface area contributed by atoms with Crippen LogP contribution in [0.2, 0.25) is 0 Å². The lowest BCUT2D eigenvalue weighted by molar-refractivity contribution is -0.121. The Labute approximate surface area is 145 Å². The zero-order chi connectivity index (χ0) is 16.9. The van der Waals surface area contributed by atoms with Crippen molar-refractivity contribution in [2.75, 3.05) is 11.9 Å². The van der Waals surface area contributed by atoms with Crippen LogP contribution in [0.15, 0.2) is 36.7 Å². The zero-order valence-corrected chi connectivity index (χ0v) is 14.6. The standard InChI is InChI=1S/C18H20N4OS/c1-12-3-5-14(6-4-12)10-20-16(23)7-8-19-17-15-9-13(2)24-18(15)22-11-21-17/h3-6,9,11H,7-8,10H2,1-2H3,(H,20,23)(H,19,21,22). The Bertz CT molecular complexity index is 842. The Morgan fingerprint density at radius 3 is 2.75 bits per heavy atom. The maximum absolute atomic E-state index is 12.0. The molecule has 6 heteroatoms. The van der Waals surface area contributed by atoms with Gasteiger partial charge in [0.15, 0.2) is 0 Å². The smallest absolute Gasteiger partial charge is 0.222 e. The molecule has 0 saturated heterocycles. The van der Waals surface area contributed by atoms with Crippen molar-refractivity contribution in [1.29, 1.82) is 0 Å². The SMILES string of the molecule is Cc1ccc(CNC(=O)CCNc2ncnc3sc(C)cc23)cc1. The first-order valence-electron chi connectivity index (χ1n) is 7.89. The molecule has 124 valence electrons. The van der Waals surface area contributed by atoms with Crippen molar-refractivity contribution in [3.05, 3.63) is 52.7 Å². The molecule has 0 bridgehead atoms. The van der Waals surface area contributed by atoms with Gasteiger partial charge < -0.3 is 10.6 Å². The van der Waals surface area contributed by atoms with Crippen molar-refractivity contribution in [3.63, 3.8) is 0 Å². The number of amides is 1. The van der Waals surface area contributed by atoms with Gasteiger partial charge in [-0.25, -0.2) is 9.97 Å². The molecule has 2 N–H and O–H groups in total. The van der Waals surface area contributed by atoms with E-state index in [9.17, 15) is 4.79 Å². The van der Waals surface area contributed by atoms with E-state index in [0.717, 1.165) is 21.6 Å². The molecule has 3 rings (SSSR count). The molecular formula is C18H20N4OS. The number of aromatic nitrogens is 2. The lowest BCUT2D eigenvalue weighted by Crippen LogP contribution is -2.25. The molecule has 5 nitrogen and oxygen atoms in total. The topological polar surface area (TPSA) is 66.9 Å². The first-order valence-corrected chi connectivity index (χ1v) is 8.71.